The Kier molecular flexibility index (Phi) is 6.51. The molecule has 0 aliphatic carbocycles. The molecule has 0 spiro atoms. The Hall–Kier alpha value is -4.64. The van der Waals surface area contributed by atoms with Crippen LogP contribution in [0.15, 0.2) is 76.0 Å². The number of nitrogens with two attached hydrogens (primary N) is 1. The van der Waals surface area contributed by atoms with Crippen molar-refractivity contribution in [2.24, 2.45) is 10.7 Å². The molecule has 3 heterocycles. The number of primary amides is 1. The van der Waals surface area contributed by atoms with E-state index in [-0.39, 0.29) is 40.7 Å². The number of carbonyl (C=O) groups excluding carboxylic acids is 3. The first-order valence-electron chi connectivity index (χ1n) is 10.0. The highest BCUT2D eigenvalue weighted by Crippen LogP contribution is 2.28. The summed E-state index contributed by atoms with van der Waals surface area (Å²) in [6, 6.07) is 9.60. The van der Waals surface area contributed by atoms with E-state index in [2.05, 4.69) is 15.3 Å². The summed E-state index contributed by atoms with van der Waals surface area (Å²) in [6.45, 7) is -0.0505. The van der Waals surface area contributed by atoms with Crippen molar-refractivity contribution < 1.29 is 18.8 Å². The maximum Gasteiger partial charge on any atom is 0.277 e. The maximum atomic E-state index is 15.2. The van der Waals surface area contributed by atoms with Crippen molar-refractivity contribution in [1.82, 2.24) is 9.55 Å². The van der Waals surface area contributed by atoms with Gasteiger partial charge in [0, 0.05) is 24.7 Å². The summed E-state index contributed by atoms with van der Waals surface area (Å²) in [4.78, 5) is 57.7. The predicted molar refractivity (Wildman–Crippen MR) is 127 cm³/mol. The van der Waals surface area contributed by atoms with Crippen LogP contribution in [0.5, 0.6) is 0 Å². The van der Waals surface area contributed by atoms with Crippen LogP contribution in [0.2, 0.25) is 5.02 Å². The molecule has 0 bridgehead atoms. The number of nitrogens with zero attached hydrogens (tertiary/aromatic N) is 4. The Morgan fingerprint density at radius 2 is 2.00 bits per heavy atom. The van der Waals surface area contributed by atoms with E-state index in [1.54, 1.807) is 0 Å². The largest absolute Gasteiger partial charge is 0.364 e. The highest BCUT2D eigenvalue weighted by atomic mass is 35.5. The number of halogens is 2. The topological polar surface area (TPSA) is 140 Å². The zero-order chi connectivity index (χ0) is 25.1. The Morgan fingerprint density at radius 1 is 1.20 bits per heavy atom. The minimum Gasteiger partial charge on any atom is -0.364 e. The highest BCUT2D eigenvalue weighted by Gasteiger charge is 2.29. The van der Waals surface area contributed by atoms with Crippen LogP contribution < -0.4 is 21.5 Å². The molecule has 2 amide bonds. The Balaban J connectivity index is 1.71. The van der Waals surface area contributed by atoms with Crippen molar-refractivity contribution in [3.63, 3.8) is 0 Å². The lowest BCUT2D eigenvalue weighted by atomic mass is 10.1. The molecule has 0 saturated heterocycles. The van der Waals surface area contributed by atoms with E-state index in [0.29, 0.717) is 11.3 Å². The highest BCUT2D eigenvalue weighted by molar-refractivity contribution is 6.30. The fraction of sp³-hybridized carbons (Fsp3) is 0.0435. The fourth-order valence-electron chi connectivity index (χ4n) is 3.42. The van der Waals surface area contributed by atoms with Crippen LogP contribution >= 0.6 is 11.6 Å². The van der Waals surface area contributed by atoms with Gasteiger partial charge in [0.15, 0.2) is 12.0 Å². The lowest BCUT2D eigenvalue weighted by Crippen LogP contribution is -2.39. The number of carbonyl (C=O) groups is 3. The molecule has 10 nitrogen and oxygen atoms in total. The zero-order valence-electron chi connectivity index (χ0n) is 17.8. The molecule has 1 aromatic carbocycles. The average molecular weight is 495 g/mol. The van der Waals surface area contributed by atoms with E-state index in [4.69, 9.17) is 17.3 Å². The number of hydrogen-bond acceptors (Lipinski definition) is 7. The van der Waals surface area contributed by atoms with Crippen molar-refractivity contribution in [2.75, 3.05) is 16.8 Å². The van der Waals surface area contributed by atoms with Gasteiger partial charge in [-0.2, -0.15) is 0 Å². The van der Waals surface area contributed by atoms with Crippen molar-refractivity contribution in [2.45, 2.75) is 0 Å². The zero-order valence-corrected chi connectivity index (χ0v) is 18.6. The molecular formula is C23H16ClFN6O4. The number of pyridine rings is 2. The minimum atomic E-state index is -1.01. The van der Waals surface area contributed by atoms with E-state index in [9.17, 15) is 19.2 Å². The minimum absolute atomic E-state index is 0.0505. The summed E-state index contributed by atoms with van der Waals surface area (Å²) < 4.78 is 16.3. The van der Waals surface area contributed by atoms with Crippen molar-refractivity contribution >= 4 is 47.4 Å². The SMILES string of the molecule is NC(=O)C1=C(C(=O)Nc2ccc(Cl)cn2)N=CCN1c1ccc(-n2cccc(C=O)c2=O)cc1F. The summed E-state index contributed by atoms with van der Waals surface area (Å²) >= 11 is 5.79. The molecule has 2 aromatic heterocycles. The van der Waals surface area contributed by atoms with Gasteiger partial charge in [0.2, 0.25) is 0 Å². The summed E-state index contributed by atoms with van der Waals surface area (Å²) in [5, 5.41) is 2.84. The van der Waals surface area contributed by atoms with Gasteiger partial charge in [-0.1, -0.05) is 11.6 Å². The van der Waals surface area contributed by atoms with E-state index < -0.39 is 23.2 Å². The number of amides is 2. The normalized spacial score (nSPS) is 13.0. The maximum absolute atomic E-state index is 15.2. The third kappa shape index (κ3) is 4.70. The molecule has 3 N–H and O–H groups in total. The van der Waals surface area contributed by atoms with Crippen LogP contribution in [0.3, 0.4) is 0 Å². The number of aliphatic imine (C=N–C) groups is 1. The van der Waals surface area contributed by atoms with Crippen molar-refractivity contribution in [1.29, 1.82) is 0 Å². The van der Waals surface area contributed by atoms with Crippen LogP contribution in [-0.2, 0) is 9.59 Å². The number of hydrogen-bond donors (Lipinski definition) is 2. The van der Waals surface area contributed by atoms with E-state index >= 15 is 4.39 Å². The van der Waals surface area contributed by atoms with Crippen LogP contribution in [0.1, 0.15) is 10.4 Å². The Bertz CT molecular complexity index is 1470. The van der Waals surface area contributed by atoms with Crippen LogP contribution in [0.25, 0.3) is 5.69 Å². The van der Waals surface area contributed by atoms with E-state index in [0.717, 1.165) is 10.6 Å². The van der Waals surface area contributed by atoms with Gasteiger partial charge in [0.25, 0.3) is 17.4 Å². The van der Waals surface area contributed by atoms with Crippen LogP contribution in [0.4, 0.5) is 15.9 Å². The van der Waals surface area contributed by atoms with Gasteiger partial charge in [-0.15, -0.1) is 0 Å². The molecule has 0 fully saturated rings. The number of anilines is 2. The molecule has 176 valence electrons. The Morgan fingerprint density at radius 3 is 2.66 bits per heavy atom. The molecule has 0 unspecified atom stereocenters. The second kappa shape index (κ2) is 9.69. The van der Waals surface area contributed by atoms with Gasteiger partial charge in [0.1, 0.15) is 17.3 Å². The third-order valence-corrected chi connectivity index (χ3v) is 5.22. The first-order chi connectivity index (χ1) is 16.8. The second-order valence-corrected chi connectivity index (χ2v) is 7.63. The van der Waals surface area contributed by atoms with Gasteiger partial charge < -0.3 is 16.0 Å². The molecule has 1 aliphatic heterocycles. The number of nitrogens with one attached hydrogen (secondary N) is 1. The first-order valence-corrected chi connectivity index (χ1v) is 10.4. The smallest absolute Gasteiger partial charge is 0.277 e. The van der Waals surface area contributed by atoms with Gasteiger partial charge in [-0.3, -0.25) is 28.7 Å². The lowest BCUT2D eigenvalue weighted by Gasteiger charge is -2.28. The molecular weight excluding hydrogens is 479 g/mol. The molecule has 1 aliphatic rings. The first kappa shape index (κ1) is 23.5. The summed E-state index contributed by atoms with van der Waals surface area (Å²) in [6.07, 6.45) is 4.44. The third-order valence-electron chi connectivity index (χ3n) is 5.00. The van der Waals surface area contributed by atoms with Crippen molar-refractivity contribution in [3.05, 3.63) is 93.0 Å². The van der Waals surface area contributed by atoms with Gasteiger partial charge in [0.05, 0.1) is 28.5 Å². The Labute approximate surface area is 202 Å². The number of benzene rings is 1. The number of aldehydes is 1. The molecule has 35 heavy (non-hydrogen) atoms. The molecule has 3 aromatic rings. The van der Waals surface area contributed by atoms with E-state index in [1.165, 1.54) is 59.9 Å². The van der Waals surface area contributed by atoms with Crippen LogP contribution in [0, 0.1) is 5.82 Å². The monoisotopic (exact) mass is 494 g/mol. The molecule has 4 rings (SSSR count). The van der Waals surface area contributed by atoms with Crippen LogP contribution in [-0.4, -0.2) is 40.4 Å². The summed E-state index contributed by atoms with van der Waals surface area (Å²) in [5.41, 5.74) is 4.24. The number of aromatic nitrogens is 2. The number of rotatable bonds is 6. The lowest BCUT2D eigenvalue weighted by molar-refractivity contribution is -0.116. The van der Waals surface area contributed by atoms with Gasteiger partial charge in [-0.25, -0.2) is 9.37 Å². The summed E-state index contributed by atoms with van der Waals surface area (Å²) in [5.74, 6) is -2.45. The van der Waals surface area contributed by atoms with Gasteiger partial charge in [-0.05, 0) is 36.4 Å². The van der Waals surface area contributed by atoms with E-state index in [1.807, 2.05) is 0 Å². The quantitative estimate of drug-likeness (QED) is 0.503. The predicted octanol–water partition coefficient (Wildman–Crippen LogP) is 2.06. The molecule has 12 heteroatoms. The molecule has 0 saturated carbocycles. The fourth-order valence-corrected chi connectivity index (χ4v) is 3.53. The standard InChI is InChI=1S/C23H16ClFN6O4/c24-14-3-6-18(28-11-14)29-22(34)19-20(21(26)33)31(9-7-27-19)17-5-4-15(10-16(17)25)30-8-1-2-13(12-32)23(30)35/h1-8,10-12H,9H2,(H2,26,33)(H,28,29,34). The molecule has 0 radical (unpaired) electrons. The van der Waals surface area contributed by atoms with Crippen molar-refractivity contribution in [3.8, 4) is 5.69 Å². The summed E-state index contributed by atoms with van der Waals surface area (Å²) in [7, 11) is 0. The second-order valence-electron chi connectivity index (χ2n) is 7.19. The van der Waals surface area contributed by atoms with Gasteiger partial charge >= 0.3 is 0 Å². The average Bonchev–Trinajstić information content (AvgIpc) is 2.85. The molecule has 0 atom stereocenters.